The van der Waals surface area contributed by atoms with E-state index >= 15 is 0 Å². The molecule has 0 spiro atoms. The summed E-state index contributed by atoms with van der Waals surface area (Å²) in [5.74, 6) is 2.32. The van der Waals surface area contributed by atoms with E-state index in [1.54, 1.807) is 0 Å². The van der Waals surface area contributed by atoms with Crippen molar-refractivity contribution in [3.05, 3.63) is 65.2 Å². The number of nitrogens with zero attached hydrogens (tertiary/aromatic N) is 3. The molecule has 2 atom stereocenters. The molecular weight excluding hydrogens is 446 g/mol. The van der Waals surface area contributed by atoms with E-state index in [0.717, 1.165) is 63.5 Å². The van der Waals surface area contributed by atoms with Crippen LogP contribution in [0.1, 0.15) is 69.5 Å². The van der Waals surface area contributed by atoms with Crippen molar-refractivity contribution in [3.63, 3.8) is 0 Å². The van der Waals surface area contributed by atoms with E-state index < -0.39 is 0 Å². The molecule has 194 valence electrons. The number of hydrazone groups is 1. The number of hydrogen-bond donors (Lipinski definition) is 0. The van der Waals surface area contributed by atoms with E-state index in [-0.39, 0.29) is 6.04 Å². The molecule has 2 aromatic carbocycles. The summed E-state index contributed by atoms with van der Waals surface area (Å²) in [5.41, 5.74) is 5.23. The largest absolute Gasteiger partial charge is 0.494 e. The first-order valence-corrected chi connectivity index (χ1v) is 13.8. The van der Waals surface area contributed by atoms with Crippen molar-refractivity contribution in [1.29, 1.82) is 0 Å². The lowest BCUT2D eigenvalue weighted by Gasteiger charge is -2.31. The summed E-state index contributed by atoms with van der Waals surface area (Å²) in [7, 11) is 4.28. The van der Waals surface area contributed by atoms with Crippen LogP contribution in [0.2, 0.25) is 0 Å². The molecule has 2 aliphatic rings. The van der Waals surface area contributed by atoms with E-state index in [1.165, 1.54) is 35.3 Å². The molecule has 1 aliphatic carbocycles. The highest BCUT2D eigenvalue weighted by molar-refractivity contribution is 6.07. The fraction of sp³-hybridized carbons (Fsp3) is 0.516. The van der Waals surface area contributed by atoms with E-state index in [4.69, 9.17) is 14.6 Å². The summed E-state index contributed by atoms with van der Waals surface area (Å²) in [6.07, 6.45) is 8.96. The zero-order valence-electron chi connectivity index (χ0n) is 22.6. The molecule has 1 saturated carbocycles. The number of hydrogen-bond acceptors (Lipinski definition) is 5. The van der Waals surface area contributed by atoms with Crippen molar-refractivity contribution in [2.75, 3.05) is 40.4 Å². The van der Waals surface area contributed by atoms with E-state index in [2.05, 4.69) is 92.5 Å². The Bertz CT molecular complexity index is 1010. The van der Waals surface area contributed by atoms with Gasteiger partial charge in [-0.05, 0) is 106 Å². The first kappa shape index (κ1) is 26.3. The molecule has 0 radical (unpaired) electrons. The second-order valence-electron chi connectivity index (χ2n) is 10.3. The van der Waals surface area contributed by atoms with Crippen molar-refractivity contribution < 1.29 is 9.47 Å². The predicted octanol–water partition coefficient (Wildman–Crippen LogP) is 6.81. The number of benzene rings is 2. The monoisotopic (exact) mass is 489 g/mol. The summed E-state index contributed by atoms with van der Waals surface area (Å²) >= 11 is 0. The third kappa shape index (κ3) is 6.70. The van der Waals surface area contributed by atoms with Gasteiger partial charge in [-0.25, -0.2) is 0 Å². The lowest BCUT2D eigenvalue weighted by molar-refractivity contribution is 0.187. The summed E-state index contributed by atoms with van der Waals surface area (Å²) < 4.78 is 11.6. The van der Waals surface area contributed by atoms with Crippen molar-refractivity contribution in [2.24, 2.45) is 11.0 Å². The van der Waals surface area contributed by atoms with Gasteiger partial charge < -0.3 is 14.4 Å². The zero-order chi connectivity index (χ0) is 25.3. The molecule has 5 nitrogen and oxygen atoms in total. The molecule has 5 heteroatoms. The molecule has 0 aromatic heterocycles. The third-order valence-electron chi connectivity index (χ3n) is 6.96. The lowest BCUT2D eigenvalue weighted by Crippen LogP contribution is -2.29. The Kier molecular flexibility index (Phi) is 9.46. The first-order chi connectivity index (χ1) is 17.6. The van der Waals surface area contributed by atoms with Gasteiger partial charge in [-0.2, -0.15) is 5.10 Å². The van der Waals surface area contributed by atoms with Crippen LogP contribution in [0.5, 0.6) is 11.5 Å². The summed E-state index contributed by atoms with van der Waals surface area (Å²) in [4.78, 5) is 2.25. The van der Waals surface area contributed by atoms with Gasteiger partial charge in [0, 0.05) is 12.5 Å². The van der Waals surface area contributed by atoms with Gasteiger partial charge in [-0.1, -0.05) is 38.1 Å². The summed E-state index contributed by atoms with van der Waals surface area (Å²) in [5, 5.41) is 7.65. The molecule has 2 aromatic rings. The van der Waals surface area contributed by atoms with Crippen LogP contribution in [0.15, 0.2) is 59.2 Å². The molecule has 0 N–H and O–H groups in total. The SMILES string of the molecule is CCCOc1ccc(/C=C2/CCCC3C2=NN(CCCN(C)C)C3c2ccc(OCCC)cc2)cc1. The van der Waals surface area contributed by atoms with Gasteiger partial charge in [0.2, 0.25) is 0 Å². The van der Waals surface area contributed by atoms with Gasteiger partial charge in [0.1, 0.15) is 11.5 Å². The number of ether oxygens (including phenoxy) is 2. The average Bonchev–Trinajstić information content (AvgIpc) is 3.26. The van der Waals surface area contributed by atoms with Gasteiger partial charge in [0.15, 0.2) is 0 Å². The topological polar surface area (TPSA) is 37.3 Å². The van der Waals surface area contributed by atoms with Crippen molar-refractivity contribution in [3.8, 4) is 11.5 Å². The van der Waals surface area contributed by atoms with Crippen LogP contribution in [0.4, 0.5) is 0 Å². The van der Waals surface area contributed by atoms with E-state index in [0.29, 0.717) is 5.92 Å². The number of allylic oxidation sites excluding steroid dienone is 1. The Labute approximate surface area is 217 Å². The highest BCUT2D eigenvalue weighted by atomic mass is 16.5. The standard InChI is InChI=1S/C31H43N3O2/c1-5-21-35-27-15-11-24(12-16-27)23-26-9-7-10-29-30(26)32-34(20-8-19-33(3)4)31(29)25-13-17-28(18-14-25)36-22-6-2/h11-18,23,29,31H,5-10,19-22H2,1-4H3/b26-23-. The second kappa shape index (κ2) is 13.0. The Morgan fingerprint density at radius 2 is 1.58 bits per heavy atom. The third-order valence-corrected chi connectivity index (χ3v) is 6.96. The van der Waals surface area contributed by atoms with Crippen LogP contribution in [0, 0.1) is 5.92 Å². The maximum Gasteiger partial charge on any atom is 0.119 e. The Balaban J connectivity index is 1.57. The predicted molar refractivity (Wildman–Crippen MR) is 150 cm³/mol. The quantitative estimate of drug-likeness (QED) is 0.328. The van der Waals surface area contributed by atoms with Crippen LogP contribution in [0.25, 0.3) is 6.08 Å². The van der Waals surface area contributed by atoms with Crippen LogP contribution in [-0.2, 0) is 0 Å². The maximum absolute atomic E-state index is 5.85. The highest BCUT2D eigenvalue weighted by Crippen LogP contribution is 2.44. The van der Waals surface area contributed by atoms with Crippen LogP contribution in [-0.4, -0.2) is 56.0 Å². The molecule has 36 heavy (non-hydrogen) atoms. The highest BCUT2D eigenvalue weighted by Gasteiger charge is 2.40. The molecule has 4 rings (SSSR count). The minimum Gasteiger partial charge on any atom is -0.494 e. The Hall–Kier alpha value is -2.79. The summed E-state index contributed by atoms with van der Waals surface area (Å²) in [6.45, 7) is 7.82. The number of rotatable bonds is 12. The normalized spacial score (nSPS) is 20.5. The van der Waals surface area contributed by atoms with E-state index in [1.807, 2.05) is 0 Å². The van der Waals surface area contributed by atoms with Gasteiger partial charge in [-0.3, -0.25) is 5.01 Å². The molecule has 1 heterocycles. The molecule has 2 unspecified atom stereocenters. The van der Waals surface area contributed by atoms with Crippen molar-refractivity contribution in [1.82, 2.24) is 9.91 Å². The fourth-order valence-electron chi connectivity index (χ4n) is 5.22. The molecule has 0 amide bonds. The first-order valence-electron chi connectivity index (χ1n) is 13.8. The van der Waals surface area contributed by atoms with Gasteiger partial charge >= 0.3 is 0 Å². The Morgan fingerprint density at radius 1 is 0.944 bits per heavy atom. The van der Waals surface area contributed by atoms with Crippen molar-refractivity contribution in [2.45, 2.75) is 58.4 Å². The molecule has 1 aliphatic heterocycles. The molecule has 0 saturated heterocycles. The molecule has 0 bridgehead atoms. The zero-order valence-corrected chi connectivity index (χ0v) is 22.6. The second-order valence-corrected chi connectivity index (χ2v) is 10.3. The Morgan fingerprint density at radius 3 is 2.19 bits per heavy atom. The van der Waals surface area contributed by atoms with Gasteiger partial charge in [0.25, 0.3) is 0 Å². The van der Waals surface area contributed by atoms with Crippen LogP contribution >= 0.6 is 0 Å². The number of fused-ring (bicyclic) bond motifs is 1. The minimum atomic E-state index is 0.288. The fourth-order valence-corrected chi connectivity index (χ4v) is 5.22. The summed E-state index contributed by atoms with van der Waals surface area (Å²) in [6, 6.07) is 17.5. The van der Waals surface area contributed by atoms with Crippen LogP contribution < -0.4 is 9.47 Å². The van der Waals surface area contributed by atoms with E-state index in [9.17, 15) is 0 Å². The smallest absolute Gasteiger partial charge is 0.119 e. The molecule has 1 fully saturated rings. The maximum atomic E-state index is 5.85. The minimum absolute atomic E-state index is 0.288. The average molecular weight is 490 g/mol. The lowest BCUT2D eigenvalue weighted by atomic mass is 9.77. The van der Waals surface area contributed by atoms with Crippen LogP contribution in [0.3, 0.4) is 0 Å². The van der Waals surface area contributed by atoms with Gasteiger partial charge in [0.05, 0.1) is 25.0 Å². The van der Waals surface area contributed by atoms with Gasteiger partial charge in [-0.15, -0.1) is 0 Å². The molecular formula is C31H43N3O2. The van der Waals surface area contributed by atoms with Crippen molar-refractivity contribution >= 4 is 11.8 Å².